The lowest BCUT2D eigenvalue weighted by molar-refractivity contribution is 0.0592. The molecule has 0 saturated heterocycles. The molecule has 6 heteroatoms. The molecule has 3 rings (SSSR count). The van der Waals surface area contributed by atoms with Gasteiger partial charge in [-0.25, -0.2) is 0 Å². The van der Waals surface area contributed by atoms with Gasteiger partial charge in [-0.05, 0) is 54.4 Å². The van der Waals surface area contributed by atoms with E-state index in [1.165, 1.54) is 0 Å². The van der Waals surface area contributed by atoms with Crippen molar-refractivity contribution in [2.24, 2.45) is 10.8 Å². The third kappa shape index (κ3) is 5.55. The first-order valence-electron chi connectivity index (χ1n) is 10.2. The molecule has 2 aromatic carbocycles. The summed E-state index contributed by atoms with van der Waals surface area (Å²) >= 11 is 12.3. The number of rotatable bonds is 5. The average Bonchev–Trinajstić information content (AvgIpc) is 2.65. The molecule has 1 aliphatic carbocycles. The second-order valence-electron chi connectivity index (χ2n) is 9.37. The monoisotopic (exact) mass is 446 g/mol. The Morgan fingerprint density at radius 2 is 1.43 bits per heavy atom. The van der Waals surface area contributed by atoms with E-state index in [1.54, 1.807) is 42.5 Å². The van der Waals surface area contributed by atoms with Gasteiger partial charge in [0.25, 0.3) is 11.8 Å². The number of carbonyl (C=O) groups is 2. The highest BCUT2D eigenvalue weighted by Crippen LogP contribution is 2.46. The molecule has 2 aromatic rings. The molecule has 2 N–H and O–H groups in total. The fourth-order valence-corrected chi connectivity index (χ4v) is 5.26. The predicted molar refractivity (Wildman–Crippen MR) is 122 cm³/mol. The third-order valence-electron chi connectivity index (χ3n) is 5.69. The van der Waals surface area contributed by atoms with Gasteiger partial charge in [-0.1, -0.05) is 68.2 Å². The van der Waals surface area contributed by atoms with Gasteiger partial charge in [-0.2, -0.15) is 0 Å². The van der Waals surface area contributed by atoms with E-state index in [2.05, 4.69) is 31.4 Å². The standard InChI is InChI=1S/C24H28Cl2N2O2/c1-23(2)12-16(28-22(30)18-9-5-7-11-20(18)26)13-24(3,14-23)15-27-21(29)17-8-4-6-10-19(17)25/h4-11,16H,12-15H2,1-3H3,(H,27,29)(H,28,30)/t16-,24+/m1/s1. The van der Waals surface area contributed by atoms with Gasteiger partial charge in [-0.15, -0.1) is 0 Å². The van der Waals surface area contributed by atoms with E-state index in [-0.39, 0.29) is 28.7 Å². The Kier molecular flexibility index (Phi) is 6.78. The molecule has 0 aliphatic heterocycles. The van der Waals surface area contributed by atoms with Crippen molar-refractivity contribution in [1.82, 2.24) is 10.6 Å². The third-order valence-corrected chi connectivity index (χ3v) is 6.35. The van der Waals surface area contributed by atoms with E-state index in [9.17, 15) is 9.59 Å². The Morgan fingerprint density at radius 3 is 2.00 bits per heavy atom. The Morgan fingerprint density at radius 1 is 0.900 bits per heavy atom. The summed E-state index contributed by atoms with van der Waals surface area (Å²) in [6.07, 6.45) is 2.59. The number of hydrogen-bond acceptors (Lipinski definition) is 2. The summed E-state index contributed by atoms with van der Waals surface area (Å²) in [5, 5.41) is 7.09. The van der Waals surface area contributed by atoms with Gasteiger partial charge < -0.3 is 10.6 Å². The summed E-state index contributed by atoms with van der Waals surface area (Å²) in [6, 6.07) is 14.1. The van der Waals surface area contributed by atoms with Gasteiger partial charge in [0, 0.05) is 12.6 Å². The maximum absolute atomic E-state index is 12.8. The highest BCUT2D eigenvalue weighted by Gasteiger charge is 2.42. The van der Waals surface area contributed by atoms with Crippen molar-refractivity contribution in [2.45, 2.75) is 46.1 Å². The molecule has 0 aromatic heterocycles. The number of nitrogens with one attached hydrogen (secondary N) is 2. The second-order valence-corrected chi connectivity index (χ2v) is 10.2. The van der Waals surface area contributed by atoms with Crippen LogP contribution in [0.2, 0.25) is 10.0 Å². The Balaban J connectivity index is 1.69. The molecular formula is C24H28Cl2N2O2. The first-order valence-corrected chi connectivity index (χ1v) is 10.9. The highest BCUT2D eigenvalue weighted by atomic mass is 35.5. The van der Waals surface area contributed by atoms with Crippen LogP contribution in [0.3, 0.4) is 0 Å². The van der Waals surface area contributed by atoms with Gasteiger partial charge >= 0.3 is 0 Å². The Bertz CT molecular complexity index is 944. The number of benzene rings is 2. The van der Waals surface area contributed by atoms with Crippen molar-refractivity contribution in [1.29, 1.82) is 0 Å². The van der Waals surface area contributed by atoms with Crippen LogP contribution in [0.5, 0.6) is 0 Å². The second kappa shape index (κ2) is 8.99. The minimum Gasteiger partial charge on any atom is -0.351 e. The minimum absolute atomic E-state index is 0.000243. The largest absolute Gasteiger partial charge is 0.351 e. The Labute approximate surface area is 188 Å². The molecule has 1 aliphatic rings. The zero-order valence-corrected chi connectivity index (χ0v) is 19.1. The molecule has 0 spiro atoms. The molecule has 0 heterocycles. The van der Waals surface area contributed by atoms with Gasteiger partial charge in [-0.3, -0.25) is 9.59 Å². The van der Waals surface area contributed by atoms with Crippen molar-refractivity contribution >= 4 is 35.0 Å². The number of carbonyl (C=O) groups excluding carboxylic acids is 2. The van der Waals surface area contributed by atoms with Crippen molar-refractivity contribution in [3.05, 3.63) is 69.7 Å². The zero-order chi connectivity index (χ0) is 21.9. The normalized spacial score (nSPS) is 22.9. The van der Waals surface area contributed by atoms with Crippen LogP contribution in [0.15, 0.2) is 48.5 Å². The molecule has 0 unspecified atom stereocenters. The number of hydrogen-bond donors (Lipinski definition) is 2. The maximum Gasteiger partial charge on any atom is 0.253 e. The van der Waals surface area contributed by atoms with Crippen LogP contribution in [0, 0.1) is 10.8 Å². The molecule has 0 radical (unpaired) electrons. The van der Waals surface area contributed by atoms with Crippen LogP contribution >= 0.6 is 23.2 Å². The van der Waals surface area contributed by atoms with Crippen LogP contribution in [0.25, 0.3) is 0 Å². The molecular weight excluding hydrogens is 419 g/mol. The fourth-order valence-electron chi connectivity index (χ4n) is 4.81. The van der Waals surface area contributed by atoms with E-state index >= 15 is 0 Å². The number of amides is 2. The molecule has 2 atom stereocenters. The lowest BCUT2D eigenvalue weighted by Crippen LogP contribution is -2.50. The first-order chi connectivity index (χ1) is 14.1. The lowest BCUT2D eigenvalue weighted by Gasteiger charge is -2.47. The lowest BCUT2D eigenvalue weighted by atomic mass is 9.62. The Hall–Kier alpha value is -2.04. The molecule has 1 saturated carbocycles. The molecule has 160 valence electrons. The molecule has 2 amide bonds. The van der Waals surface area contributed by atoms with Gasteiger partial charge in [0.05, 0.1) is 21.2 Å². The van der Waals surface area contributed by atoms with Crippen LogP contribution in [-0.2, 0) is 0 Å². The highest BCUT2D eigenvalue weighted by molar-refractivity contribution is 6.34. The SMILES string of the molecule is CC1(C)C[C@@H](NC(=O)c2ccccc2Cl)C[C@](C)(CNC(=O)c2ccccc2Cl)C1. The van der Waals surface area contributed by atoms with Crippen LogP contribution in [0.1, 0.15) is 60.7 Å². The topological polar surface area (TPSA) is 58.2 Å². The van der Waals surface area contributed by atoms with E-state index in [0.717, 1.165) is 19.3 Å². The average molecular weight is 447 g/mol. The quantitative estimate of drug-likeness (QED) is 0.614. The van der Waals surface area contributed by atoms with Crippen molar-refractivity contribution in [3.8, 4) is 0 Å². The molecule has 1 fully saturated rings. The molecule has 30 heavy (non-hydrogen) atoms. The van der Waals surface area contributed by atoms with E-state index in [0.29, 0.717) is 27.7 Å². The summed E-state index contributed by atoms with van der Waals surface area (Å²) in [4.78, 5) is 25.4. The minimum atomic E-state index is -0.179. The van der Waals surface area contributed by atoms with Crippen molar-refractivity contribution in [2.75, 3.05) is 6.54 Å². The summed E-state index contributed by atoms with van der Waals surface area (Å²) in [5.41, 5.74) is 0.829. The predicted octanol–water partition coefficient (Wildman–Crippen LogP) is 5.74. The summed E-state index contributed by atoms with van der Waals surface area (Å²) in [6.45, 7) is 7.08. The molecule has 4 nitrogen and oxygen atoms in total. The van der Waals surface area contributed by atoms with Crippen LogP contribution in [0.4, 0.5) is 0 Å². The van der Waals surface area contributed by atoms with E-state index < -0.39 is 0 Å². The zero-order valence-electron chi connectivity index (χ0n) is 17.6. The van der Waals surface area contributed by atoms with Gasteiger partial charge in [0.2, 0.25) is 0 Å². The van der Waals surface area contributed by atoms with E-state index in [1.807, 2.05) is 6.07 Å². The van der Waals surface area contributed by atoms with Gasteiger partial charge in [0.1, 0.15) is 0 Å². The summed E-state index contributed by atoms with van der Waals surface area (Å²) < 4.78 is 0. The first kappa shape index (κ1) is 22.6. The van der Waals surface area contributed by atoms with Crippen LogP contribution < -0.4 is 10.6 Å². The molecule has 0 bridgehead atoms. The maximum atomic E-state index is 12.8. The van der Waals surface area contributed by atoms with Crippen LogP contribution in [-0.4, -0.2) is 24.4 Å². The number of halogens is 2. The smallest absolute Gasteiger partial charge is 0.253 e. The fraction of sp³-hybridized carbons (Fsp3) is 0.417. The van der Waals surface area contributed by atoms with Crippen molar-refractivity contribution < 1.29 is 9.59 Å². The van der Waals surface area contributed by atoms with E-state index in [4.69, 9.17) is 23.2 Å². The van der Waals surface area contributed by atoms with Gasteiger partial charge in [0.15, 0.2) is 0 Å². The van der Waals surface area contributed by atoms with Crippen molar-refractivity contribution in [3.63, 3.8) is 0 Å². The summed E-state index contributed by atoms with van der Waals surface area (Å²) in [5.74, 6) is -0.340. The summed E-state index contributed by atoms with van der Waals surface area (Å²) in [7, 11) is 0.